The molecule has 0 aliphatic rings. The van der Waals surface area contributed by atoms with Crippen molar-refractivity contribution in [2.24, 2.45) is 0 Å². The molecule has 0 bridgehead atoms. The Kier molecular flexibility index (Phi) is 5.32. The van der Waals surface area contributed by atoms with Crippen LogP contribution < -0.4 is 10.9 Å². The zero-order chi connectivity index (χ0) is 19.4. The van der Waals surface area contributed by atoms with Gasteiger partial charge < -0.3 is 0 Å². The van der Waals surface area contributed by atoms with E-state index in [1.165, 1.54) is 12.1 Å². The normalized spacial score (nSPS) is 10.3. The van der Waals surface area contributed by atoms with Crippen molar-refractivity contribution in [1.29, 1.82) is 0 Å². The van der Waals surface area contributed by atoms with Crippen molar-refractivity contribution in [2.45, 2.75) is 0 Å². The smallest absolute Gasteiger partial charge is 0.287 e. The number of rotatable bonds is 6. The Balaban J connectivity index is 1.64. The average molecular weight is 428 g/mol. The molecule has 3 N–H and O–H groups in total. The van der Waals surface area contributed by atoms with Gasteiger partial charge in [-0.2, -0.15) is 5.10 Å². The number of amides is 1. The van der Waals surface area contributed by atoms with E-state index in [1.807, 2.05) is 24.3 Å². The summed E-state index contributed by atoms with van der Waals surface area (Å²) in [5.41, 5.74) is 7.63. The third-order valence-electron chi connectivity index (χ3n) is 3.69. The van der Waals surface area contributed by atoms with Gasteiger partial charge in [0.05, 0.1) is 16.3 Å². The first-order chi connectivity index (χ1) is 12.9. The maximum absolute atomic E-state index is 12.3. The molecule has 0 saturated carbocycles. The second-order valence-corrected chi connectivity index (χ2v) is 6.45. The molecule has 1 aromatic heterocycles. The van der Waals surface area contributed by atoms with Crippen LogP contribution in [-0.4, -0.2) is 21.0 Å². The predicted molar refractivity (Wildman–Crippen MR) is 104 cm³/mol. The summed E-state index contributed by atoms with van der Waals surface area (Å²) < 4.78 is 0.948. The van der Waals surface area contributed by atoms with E-state index in [0.29, 0.717) is 17.0 Å². The Labute approximate surface area is 162 Å². The molecule has 1 amide bonds. The Morgan fingerprint density at radius 1 is 1.15 bits per heavy atom. The zero-order valence-corrected chi connectivity index (χ0v) is 15.5. The number of nitro benzene ring substituents is 1. The Hall–Kier alpha value is -3.46. The first-order valence-corrected chi connectivity index (χ1v) is 8.55. The van der Waals surface area contributed by atoms with E-state index in [-0.39, 0.29) is 11.4 Å². The first-order valence-electron chi connectivity index (χ1n) is 7.75. The summed E-state index contributed by atoms with van der Waals surface area (Å²) in [5, 5.41) is 17.6. The number of nitrogens with zero attached hydrogens (tertiary/aromatic N) is 2. The maximum atomic E-state index is 12.3. The van der Waals surface area contributed by atoms with Crippen molar-refractivity contribution in [3.8, 4) is 11.3 Å². The van der Waals surface area contributed by atoms with Crippen LogP contribution in [0.4, 0.5) is 5.69 Å². The molecule has 0 radical (unpaired) electrons. The summed E-state index contributed by atoms with van der Waals surface area (Å²) in [5.74, 6) is -0.447. The number of halogens is 1. The van der Waals surface area contributed by atoms with Crippen LogP contribution >= 0.6 is 15.9 Å². The van der Waals surface area contributed by atoms with Crippen molar-refractivity contribution >= 4 is 33.2 Å². The zero-order valence-electron chi connectivity index (χ0n) is 13.9. The number of hydrogen-bond donors (Lipinski definition) is 3. The van der Waals surface area contributed by atoms with Gasteiger partial charge in [0.2, 0.25) is 0 Å². The number of aromatic nitrogens is 2. The molecule has 0 aliphatic heterocycles. The van der Waals surface area contributed by atoms with Gasteiger partial charge in [-0.15, -0.1) is 0 Å². The highest BCUT2D eigenvalue weighted by Crippen LogP contribution is 2.20. The van der Waals surface area contributed by atoms with Gasteiger partial charge in [0.15, 0.2) is 0 Å². The Morgan fingerprint density at radius 2 is 1.89 bits per heavy atom. The fourth-order valence-electron chi connectivity index (χ4n) is 2.29. The molecular formula is C18H14BrN5O3. The molecule has 27 heavy (non-hydrogen) atoms. The van der Waals surface area contributed by atoms with Crippen LogP contribution in [0, 0.1) is 10.1 Å². The van der Waals surface area contributed by atoms with Gasteiger partial charge in [-0.05, 0) is 18.2 Å². The van der Waals surface area contributed by atoms with Crippen LogP contribution in [0.1, 0.15) is 16.1 Å². The topological polar surface area (TPSA) is 113 Å². The lowest BCUT2D eigenvalue weighted by molar-refractivity contribution is -0.384. The molecule has 9 heteroatoms. The lowest BCUT2D eigenvalue weighted by atomic mass is 10.1. The average Bonchev–Trinajstić information content (AvgIpc) is 3.16. The van der Waals surface area contributed by atoms with Crippen molar-refractivity contribution < 1.29 is 9.72 Å². The van der Waals surface area contributed by atoms with E-state index < -0.39 is 10.8 Å². The Bertz CT molecular complexity index is 1010. The van der Waals surface area contributed by atoms with Crippen molar-refractivity contribution in [2.75, 3.05) is 0 Å². The highest BCUT2D eigenvalue weighted by atomic mass is 79.9. The lowest BCUT2D eigenvalue weighted by Crippen LogP contribution is -2.36. The molecule has 0 spiro atoms. The van der Waals surface area contributed by atoms with E-state index in [4.69, 9.17) is 0 Å². The molecule has 0 unspecified atom stereocenters. The fraction of sp³-hybridized carbons (Fsp3) is 0. The first kappa shape index (κ1) is 18.3. The molecule has 2 aromatic carbocycles. The van der Waals surface area contributed by atoms with Gasteiger partial charge in [0.25, 0.3) is 11.6 Å². The van der Waals surface area contributed by atoms with Crippen LogP contribution in [0.15, 0.2) is 65.6 Å². The molecule has 1 heterocycles. The fourth-order valence-corrected chi connectivity index (χ4v) is 2.55. The third kappa shape index (κ3) is 4.39. The molecule has 0 saturated heterocycles. The Morgan fingerprint density at radius 3 is 2.59 bits per heavy atom. The number of hydrogen-bond acceptors (Lipinski definition) is 5. The molecule has 0 atom stereocenters. The van der Waals surface area contributed by atoms with Crippen LogP contribution in [0.25, 0.3) is 17.0 Å². The molecule has 3 aromatic rings. The summed E-state index contributed by atoms with van der Waals surface area (Å²) >= 11 is 3.37. The van der Waals surface area contributed by atoms with E-state index >= 15 is 0 Å². The van der Waals surface area contributed by atoms with Crippen LogP contribution in [-0.2, 0) is 0 Å². The molecule has 3 rings (SSSR count). The summed E-state index contributed by atoms with van der Waals surface area (Å²) in [6.45, 7) is 3.77. The van der Waals surface area contributed by atoms with Crippen molar-refractivity contribution in [3.63, 3.8) is 0 Å². The van der Waals surface area contributed by atoms with Gasteiger partial charge >= 0.3 is 0 Å². The van der Waals surface area contributed by atoms with E-state index in [1.54, 1.807) is 18.2 Å². The van der Waals surface area contributed by atoms with Crippen molar-refractivity contribution in [3.05, 3.63) is 87.0 Å². The van der Waals surface area contributed by atoms with Crippen LogP contribution in [0.3, 0.4) is 0 Å². The SMILES string of the molecule is C=C(NNC(=O)c1cc(-c2ccc(Br)cc2)n[nH]1)c1cccc([N+](=O)[O-])c1. The number of nitrogens with one attached hydrogen (secondary N) is 3. The minimum absolute atomic E-state index is 0.0607. The third-order valence-corrected chi connectivity index (χ3v) is 4.22. The van der Waals surface area contributed by atoms with E-state index in [0.717, 1.165) is 10.0 Å². The number of aromatic amines is 1. The number of non-ortho nitro benzene ring substituents is 1. The number of hydrazine groups is 1. The van der Waals surface area contributed by atoms with Crippen molar-refractivity contribution in [1.82, 2.24) is 21.0 Å². The standard InChI is InChI=1S/C18H14BrN5O3/c1-11(13-3-2-4-15(9-13)24(26)27)20-23-18(25)17-10-16(21-22-17)12-5-7-14(19)8-6-12/h2-10,20H,1H2,(H,21,22)(H,23,25). The second-order valence-electron chi connectivity index (χ2n) is 5.54. The summed E-state index contributed by atoms with van der Waals surface area (Å²) in [6, 6.07) is 15.1. The largest absolute Gasteiger partial charge is 0.298 e. The lowest BCUT2D eigenvalue weighted by Gasteiger charge is -2.10. The summed E-state index contributed by atoms with van der Waals surface area (Å²) in [6.07, 6.45) is 0. The molecule has 0 fully saturated rings. The number of H-pyrrole nitrogens is 1. The molecule has 0 aliphatic carbocycles. The highest BCUT2D eigenvalue weighted by Gasteiger charge is 2.12. The van der Waals surface area contributed by atoms with Crippen LogP contribution in [0.2, 0.25) is 0 Å². The second kappa shape index (κ2) is 7.83. The molecule has 136 valence electrons. The number of carbonyl (C=O) groups excluding carboxylic acids is 1. The minimum atomic E-state index is -0.496. The maximum Gasteiger partial charge on any atom is 0.287 e. The van der Waals surface area contributed by atoms with Gasteiger partial charge in [-0.25, -0.2) is 0 Å². The molecular weight excluding hydrogens is 414 g/mol. The van der Waals surface area contributed by atoms with Gasteiger partial charge in [0.1, 0.15) is 5.69 Å². The molecule has 8 nitrogen and oxygen atoms in total. The highest BCUT2D eigenvalue weighted by molar-refractivity contribution is 9.10. The van der Waals surface area contributed by atoms with Gasteiger partial charge in [-0.1, -0.05) is 46.8 Å². The summed E-state index contributed by atoms with van der Waals surface area (Å²) in [7, 11) is 0. The number of nitro groups is 1. The van der Waals surface area contributed by atoms with Gasteiger partial charge in [-0.3, -0.25) is 30.9 Å². The summed E-state index contributed by atoms with van der Waals surface area (Å²) in [4.78, 5) is 22.6. The van der Waals surface area contributed by atoms with E-state index in [9.17, 15) is 14.9 Å². The predicted octanol–water partition coefficient (Wildman–Crippen LogP) is 3.65. The minimum Gasteiger partial charge on any atom is -0.298 e. The quantitative estimate of drug-likeness (QED) is 0.410. The monoisotopic (exact) mass is 427 g/mol. The van der Waals surface area contributed by atoms with E-state index in [2.05, 4.69) is 43.6 Å². The van der Waals surface area contributed by atoms with Gasteiger partial charge in [0, 0.05) is 27.7 Å². The van der Waals surface area contributed by atoms with Crippen LogP contribution in [0.5, 0.6) is 0 Å². The number of benzene rings is 2. The number of carbonyl (C=O) groups is 1.